The smallest absolute Gasteiger partial charge is 0.0602 e. The van der Waals surface area contributed by atoms with Crippen molar-refractivity contribution < 1.29 is 5.11 Å². The zero-order valence-electron chi connectivity index (χ0n) is 12.2. The maximum atomic E-state index is 9.49. The molecule has 1 aromatic rings. The number of benzene rings is 1. The van der Waals surface area contributed by atoms with Crippen molar-refractivity contribution in [3.8, 4) is 0 Å². The predicted octanol–water partition coefficient (Wildman–Crippen LogP) is 3.11. The van der Waals surface area contributed by atoms with Crippen molar-refractivity contribution in [2.45, 2.75) is 33.1 Å². The summed E-state index contributed by atoms with van der Waals surface area (Å²) >= 11 is 0. The molecule has 3 nitrogen and oxygen atoms in total. The Morgan fingerprint density at radius 1 is 1.26 bits per heavy atom. The molecule has 0 spiro atoms. The van der Waals surface area contributed by atoms with Crippen LogP contribution in [0.4, 0.5) is 11.4 Å². The van der Waals surface area contributed by atoms with Crippen LogP contribution in [-0.4, -0.2) is 31.3 Å². The number of para-hydroxylation sites is 2. The Kier molecular flexibility index (Phi) is 4.70. The lowest BCUT2D eigenvalue weighted by molar-refractivity contribution is 0.149. The van der Waals surface area contributed by atoms with Gasteiger partial charge in [-0.3, -0.25) is 0 Å². The summed E-state index contributed by atoms with van der Waals surface area (Å²) in [6.07, 6.45) is 3.55. The van der Waals surface area contributed by atoms with Gasteiger partial charge < -0.3 is 15.3 Å². The number of aliphatic hydroxyl groups is 1. The minimum Gasteiger partial charge on any atom is -0.396 e. The number of nitrogens with one attached hydrogen (secondary N) is 1. The van der Waals surface area contributed by atoms with Gasteiger partial charge >= 0.3 is 0 Å². The van der Waals surface area contributed by atoms with Gasteiger partial charge in [-0.15, -0.1) is 0 Å². The van der Waals surface area contributed by atoms with Gasteiger partial charge in [-0.05, 0) is 31.4 Å². The second-order valence-electron chi connectivity index (χ2n) is 5.89. The maximum absolute atomic E-state index is 9.49. The van der Waals surface area contributed by atoms with E-state index in [1.807, 2.05) is 0 Å². The Morgan fingerprint density at radius 2 is 1.95 bits per heavy atom. The first-order chi connectivity index (χ1) is 9.18. The van der Waals surface area contributed by atoms with E-state index >= 15 is 0 Å². The molecular formula is C16H26N2O. The largest absolute Gasteiger partial charge is 0.396 e. The Morgan fingerprint density at radius 3 is 2.58 bits per heavy atom. The van der Waals surface area contributed by atoms with E-state index < -0.39 is 0 Å². The highest BCUT2D eigenvalue weighted by Gasteiger charge is 2.22. The lowest BCUT2D eigenvalue weighted by atomic mass is 9.88. The SMILES string of the molecule is CCC(C)(CO)CNc1ccccc1N1CCCC1. The minimum absolute atomic E-state index is 0.0435. The van der Waals surface area contributed by atoms with Crippen molar-refractivity contribution in [1.82, 2.24) is 0 Å². The molecule has 2 rings (SSSR count). The van der Waals surface area contributed by atoms with Crippen LogP contribution in [0.25, 0.3) is 0 Å². The zero-order valence-corrected chi connectivity index (χ0v) is 12.2. The van der Waals surface area contributed by atoms with E-state index in [-0.39, 0.29) is 12.0 Å². The molecule has 1 heterocycles. The van der Waals surface area contributed by atoms with Crippen molar-refractivity contribution >= 4 is 11.4 Å². The van der Waals surface area contributed by atoms with Gasteiger partial charge in [-0.1, -0.05) is 26.0 Å². The quantitative estimate of drug-likeness (QED) is 0.827. The van der Waals surface area contributed by atoms with E-state index in [4.69, 9.17) is 0 Å². The molecule has 0 aromatic heterocycles. The van der Waals surface area contributed by atoms with Crippen LogP contribution in [0.2, 0.25) is 0 Å². The summed E-state index contributed by atoms with van der Waals surface area (Å²) in [7, 11) is 0. The summed E-state index contributed by atoms with van der Waals surface area (Å²) in [6, 6.07) is 8.50. The molecule has 1 atom stereocenters. The normalized spacial score (nSPS) is 18.4. The fourth-order valence-electron chi connectivity index (χ4n) is 2.46. The van der Waals surface area contributed by atoms with Gasteiger partial charge in [0.25, 0.3) is 0 Å². The molecule has 3 heteroatoms. The van der Waals surface area contributed by atoms with Gasteiger partial charge in [0.1, 0.15) is 0 Å². The second kappa shape index (κ2) is 6.29. The van der Waals surface area contributed by atoms with Crippen molar-refractivity contribution in [3.63, 3.8) is 0 Å². The summed E-state index contributed by atoms with van der Waals surface area (Å²) in [5, 5.41) is 13.0. The summed E-state index contributed by atoms with van der Waals surface area (Å²) in [5.74, 6) is 0. The fourth-order valence-corrected chi connectivity index (χ4v) is 2.46. The molecule has 106 valence electrons. The fraction of sp³-hybridized carbons (Fsp3) is 0.625. The first-order valence-electron chi connectivity index (χ1n) is 7.37. The molecule has 19 heavy (non-hydrogen) atoms. The maximum Gasteiger partial charge on any atom is 0.0602 e. The average Bonchev–Trinajstić information content (AvgIpc) is 2.99. The van der Waals surface area contributed by atoms with Crippen molar-refractivity contribution in [1.29, 1.82) is 0 Å². The monoisotopic (exact) mass is 262 g/mol. The average molecular weight is 262 g/mol. The van der Waals surface area contributed by atoms with Crippen molar-refractivity contribution in [2.24, 2.45) is 5.41 Å². The number of rotatable bonds is 6. The van der Waals surface area contributed by atoms with E-state index in [9.17, 15) is 5.11 Å². The molecule has 0 saturated carbocycles. The van der Waals surface area contributed by atoms with E-state index in [1.54, 1.807) is 0 Å². The van der Waals surface area contributed by atoms with Crippen molar-refractivity contribution in [2.75, 3.05) is 36.5 Å². The van der Waals surface area contributed by atoms with E-state index in [2.05, 4.69) is 48.3 Å². The van der Waals surface area contributed by atoms with Gasteiger partial charge in [0, 0.05) is 25.0 Å². The highest BCUT2D eigenvalue weighted by Crippen LogP contribution is 2.30. The lowest BCUT2D eigenvalue weighted by Gasteiger charge is -2.28. The van der Waals surface area contributed by atoms with Gasteiger partial charge in [0.2, 0.25) is 0 Å². The molecule has 0 aliphatic carbocycles. The minimum atomic E-state index is -0.0435. The molecule has 1 saturated heterocycles. The molecule has 1 unspecified atom stereocenters. The summed E-state index contributed by atoms with van der Waals surface area (Å²) in [6.45, 7) is 7.60. The highest BCUT2D eigenvalue weighted by molar-refractivity contribution is 5.70. The van der Waals surface area contributed by atoms with Gasteiger partial charge in [-0.2, -0.15) is 0 Å². The van der Waals surface area contributed by atoms with Crippen LogP contribution in [0.5, 0.6) is 0 Å². The molecule has 0 amide bonds. The number of anilines is 2. The lowest BCUT2D eigenvalue weighted by Crippen LogP contribution is -2.30. The molecule has 2 N–H and O–H groups in total. The molecule has 0 radical (unpaired) electrons. The van der Waals surface area contributed by atoms with Crippen LogP contribution in [0.15, 0.2) is 24.3 Å². The van der Waals surface area contributed by atoms with Crippen LogP contribution < -0.4 is 10.2 Å². The summed E-state index contributed by atoms with van der Waals surface area (Å²) < 4.78 is 0. The van der Waals surface area contributed by atoms with Crippen molar-refractivity contribution in [3.05, 3.63) is 24.3 Å². The Hall–Kier alpha value is -1.22. The molecule has 0 bridgehead atoms. The zero-order chi connectivity index (χ0) is 13.7. The third-order valence-electron chi connectivity index (χ3n) is 4.29. The van der Waals surface area contributed by atoms with Crippen LogP contribution >= 0.6 is 0 Å². The third-order valence-corrected chi connectivity index (χ3v) is 4.29. The van der Waals surface area contributed by atoms with Gasteiger partial charge in [-0.25, -0.2) is 0 Å². The Balaban J connectivity index is 2.07. The third kappa shape index (κ3) is 3.41. The molecule has 1 aliphatic heterocycles. The number of hydrogen-bond donors (Lipinski definition) is 2. The molecule has 1 aromatic carbocycles. The van der Waals surface area contributed by atoms with Gasteiger partial charge in [0.15, 0.2) is 0 Å². The molecule has 1 fully saturated rings. The van der Waals surface area contributed by atoms with E-state index in [1.165, 1.54) is 24.2 Å². The number of aliphatic hydroxyl groups excluding tert-OH is 1. The Bertz CT molecular complexity index is 395. The predicted molar refractivity (Wildman–Crippen MR) is 81.9 cm³/mol. The van der Waals surface area contributed by atoms with E-state index in [0.29, 0.717) is 0 Å². The summed E-state index contributed by atoms with van der Waals surface area (Å²) in [5.41, 5.74) is 2.45. The van der Waals surface area contributed by atoms with E-state index in [0.717, 1.165) is 26.1 Å². The second-order valence-corrected chi connectivity index (χ2v) is 5.89. The van der Waals surface area contributed by atoms with Crippen LogP contribution in [-0.2, 0) is 0 Å². The highest BCUT2D eigenvalue weighted by atomic mass is 16.3. The van der Waals surface area contributed by atoms with Crippen LogP contribution in [0.3, 0.4) is 0 Å². The molecular weight excluding hydrogens is 236 g/mol. The number of hydrogen-bond acceptors (Lipinski definition) is 3. The number of nitrogens with zero attached hydrogens (tertiary/aromatic N) is 1. The molecule has 1 aliphatic rings. The first-order valence-corrected chi connectivity index (χ1v) is 7.37. The van der Waals surface area contributed by atoms with Crippen LogP contribution in [0, 0.1) is 5.41 Å². The van der Waals surface area contributed by atoms with Gasteiger partial charge in [0.05, 0.1) is 18.0 Å². The van der Waals surface area contributed by atoms with Crippen LogP contribution in [0.1, 0.15) is 33.1 Å². The summed E-state index contributed by atoms with van der Waals surface area (Å²) in [4.78, 5) is 2.45. The standard InChI is InChI=1S/C16H26N2O/c1-3-16(2,13-19)12-17-14-8-4-5-9-15(14)18-10-6-7-11-18/h4-5,8-9,17,19H,3,6-7,10-13H2,1-2H3. The topological polar surface area (TPSA) is 35.5 Å². The Labute approximate surface area is 116 Å². The first kappa shape index (κ1) is 14.2.